The normalized spacial score (nSPS) is 10.2. The molecule has 0 spiro atoms. The second-order valence-corrected chi connectivity index (χ2v) is 4.21. The molecule has 4 N–H and O–H groups in total. The second kappa shape index (κ2) is 5.31. The first-order valence-corrected chi connectivity index (χ1v) is 5.69. The van der Waals surface area contributed by atoms with Gasteiger partial charge in [0.25, 0.3) is 0 Å². The Morgan fingerprint density at radius 3 is 2.44 bits per heavy atom. The number of nitrogens with two attached hydrogens (primary N) is 2. The first-order valence-electron chi connectivity index (χ1n) is 5.69. The summed E-state index contributed by atoms with van der Waals surface area (Å²) >= 11 is 0. The number of rotatable bonds is 4. The molecule has 1 aromatic carbocycles. The van der Waals surface area contributed by atoms with E-state index in [1.807, 2.05) is 12.1 Å². The molecule has 0 aliphatic carbocycles. The molecule has 0 fully saturated rings. The summed E-state index contributed by atoms with van der Waals surface area (Å²) in [6.07, 6.45) is 3.94. The average molecular weight is 241 g/mol. The molecule has 0 amide bonds. The standard InChI is InChI=1S/C14H15N3O/c15-12-3-1-10(2-4-12)7-13(18)8-11-9-17-6-5-14(11)16/h1-6,9H,7-8,15H2,(H2,16,17). The minimum Gasteiger partial charge on any atom is -0.399 e. The topological polar surface area (TPSA) is 82.0 Å². The molecule has 2 rings (SSSR count). The van der Waals surface area contributed by atoms with Crippen molar-refractivity contribution in [3.8, 4) is 0 Å². The number of Topliss-reactive ketones (excluding diaryl/α,β-unsaturated/α-hetero) is 1. The van der Waals surface area contributed by atoms with Crippen molar-refractivity contribution in [1.29, 1.82) is 0 Å². The average Bonchev–Trinajstić information content (AvgIpc) is 2.35. The summed E-state index contributed by atoms with van der Waals surface area (Å²) in [6, 6.07) is 9.01. The lowest BCUT2D eigenvalue weighted by Crippen LogP contribution is -2.08. The molecule has 0 atom stereocenters. The van der Waals surface area contributed by atoms with Crippen LogP contribution in [-0.2, 0) is 17.6 Å². The third-order valence-electron chi connectivity index (χ3n) is 2.71. The van der Waals surface area contributed by atoms with Gasteiger partial charge in [0.05, 0.1) is 0 Å². The fraction of sp³-hybridized carbons (Fsp3) is 0.143. The smallest absolute Gasteiger partial charge is 0.141 e. The Bertz CT molecular complexity index is 549. The third-order valence-corrected chi connectivity index (χ3v) is 2.71. The minimum absolute atomic E-state index is 0.111. The number of hydrogen-bond acceptors (Lipinski definition) is 4. The number of pyridine rings is 1. The van der Waals surface area contributed by atoms with E-state index in [0.29, 0.717) is 24.2 Å². The maximum atomic E-state index is 11.9. The number of nitrogens with zero attached hydrogens (tertiary/aromatic N) is 1. The van der Waals surface area contributed by atoms with Crippen LogP contribution in [0.1, 0.15) is 11.1 Å². The number of aromatic nitrogens is 1. The van der Waals surface area contributed by atoms with Crippen LogP contribution in [0.5, 0.6) is 0 Å². The molecule has 1 aromatic heterocycles. The summed E-state index contributed by atoms with van der Waals surface area (Å²) in [7, 11) is 0. The molecule has 0 aliphatic heterocycles. The fourth-order valence-corrected chi connectivity index (χ4v) is 1.72. The van der Waals surface area contributed by atoms with Gasteiger partial charge in [-0.2, -0.15) is 0 Å². The molecule has 4 nitrogen and oxygen atoms in total. The third kappa shape index (κ3) is 3.07. The minimum atomic E-state index is 0.111. The molecular weight excluding hydrogens is 226 g/mol. The first kappa shape index (κ1) is 12.1. The Hall–Kier alpha value is -2.36. The quantitative estimate of drug-likeness (QED) is 0.796. The van der Waals surface area contributed by atoms with Gasteiger partial charge in [-0.15, -0.1) is 0 Å². The number of carbonyl (C=O) groups is 1. The predicted molar refractivity (Wildman–Crippen MR) is 71.9 cm³/mol. The molecule has 1 heterocycles. The second-order valence-electron chi connectivity index (χ2n) is 4.21. The Morgan fingerprint density at radius 1 is 1.06 bits per heavy atom. The lowest BCUT2D eigenvalue weighted by molar-refractivity contribution is -0.117. The number of anilines is 2. The van der Waals surface area contributed by atoms with E-state index in [9.17, 15) is 4.79 Å². The molecule has 0 radical (unpaired) electrons. The van der Waals surface area contributed by atoms with Gasteiger partial charge in [-0.3, -0.25) is 9.78 Å². The molecule has 4 heteroatoms. The van der Waals surface area contributed by atoms with Crippen LogP contribution in [0.2, 0.25) is 0 Å². The molecule has 0 aliphatic rings. The van der Waals surface area contributed by atoms with Crippen molar-refractivity contribution in [2.24, 2.45) is 0 Å². The van der Waals surface area contributed by atoms with E-state index in [4.69, 9.17) is 11.5 Å². The number of carbonyl (C=O) groups excluding carboxylic acids is 1. The van der Waals surface area contributed by atoms with Crippen molar-refractivity contribution in [3.05, 3.63) is 53.9 Å². The Morgan fingerprint density at radius 2 is 1.78 bits per heavy atom. The van der Waals surface area contributed by atoms with Crippen molar-refractivity contribution in [1.82, 2.24) is 4.98 Å². The molecule has 0 saturated carbocycles. The maximum absolute atomic E-state index is 11.9. The summed E-state index contributed by atoms with van der Waals surface area (Å²) in [5, 5.41) is 0. The van der Waals surface area contributed by atoms with Gasteiger partial charge in [-0.1, -0.05) is 12.1 Å². The highest BCUT2D eigenvalue weighted by Gasteiger charge is 2.07. The van der Waals surface area contributed by atoms with E-state index in [0.717, 1.165) is 11.1 Å². The van der Waals surface area contributed by atoms with Crippen LogP contribution in [0.4, 0.5) is 11.4 Å². The summed E-state index contributed by atoms with van der Waals surface area (Å²) in [5.74, 6) is 0.111. The van der Waals surface area contributed by atoms with E-state index in [1.165, 1.54) is 0 Å². The zero-order chi connectivity index (χ0) is 13.0. The van der Waals surface area contributed by atoms with Gasteiger partial charge >= 0.3 is 0 Å². The van der Waals surface area contributed by atoms with Crippen molar-refractivity contribution in [3.63, 3.8) is 0 Å². The van der Waals surface area contributed by atoms with Crippen molar-refractivity contribution < 1.29 is 4.79 Å². The van der Waals surface area contributed by atoms with E-state index >= 15 is 0 Å². The lowest BCUT2D eigenvalue weighted by Gasteiger charge is -2.04. The molecule has 0 bridgehead atoms. The summed E-state index contributed by atoms with van der Waals surface area (Å²) < 4.78 is 0. The van der Waals surface area contributed by atoms with Crippen molar-refractivity contribution in [2.45, 2.75) is 12.8 Å². The summed E-state index contributed by atoms with van der Waals surface area (Å²) in [5.41, 5.74) is 14.4. The highest BCUT2D eigenvalue weighted by Crippen LogP contribution is 2.12. The SMILES string of the molecule is Nc1ccc(CC(=O)Cc2cnccc2N)cc1. The van der Waals surface area contributed by atoms with Crippen LogP contribution in [0, 0.1) is 0 Å². The molecule has 0 saturated heterocycles. The van der Waals surface area contributed by atoms with Gasteiger partial charge in [0, 0.05) is 42.2 Å². The zero-order valence-corrected chi connectivity index (χ0v) is 9.97. The molecular formula is C14H15N3O. The summed E-state index contributed by atoms with van der Waals surface area (Å²) in [4.78, 5) is 15.9. The van der Waals surface area contributed by atoms with Crippen LogP contribution < -0.4 is 11.5 Å². The van der Waals surface area contributed by atoms with E-state index in [2.05, 4.69) is 4.98 Å². The monoisotopic (exact) mass is 241 g/mol. The molecule has 92 valence electrons. The van der Waals surface area contributed by atoms with E-state index < -0.39 is 0 Å². The van der Waals surface area contributed by atoms with Gasteiger partial charge in [-0.05, 0) is 23.8 Å². The van der Waals surface area contributed by atoms with Gasteiger partial charge < -0.3 is 11.5 Å². The molecule has 0 unspecified atom stereocenters. The first-order chi connectivity index (χ1) is 8.65. The number of nitrogen functional groups attached to an aromatic ring is 2. The number of hydrogen-bond donors (Lipinski definition) is 2. The van der Waals surface area contributed by atoms with Crippen molar-refractivity contribution in [2.75, 3.05) is 11.5 Å². The lowest BCUT2D eigenvalue weighted by atomic mass is 10.0. The van der Waals surface area contributed by atoms with Gasteiger partial charge in [-0.25, -0.2) is 0 Å². The van der Waals surface area contributed by atoms with Crippen LogP contribution in [0.25, 0.3) is 0 Å². The Labute approximate surface area is 106 Å². The van der Waals surface area contributed by atoms with Crippen LogP contribution in [0.3, 0.4) is 0 Å². The van der Waals surface area contributed by atoms with Gasteiger partial charge in [0.15, 0.2) is 0 Å². The number of benzene rings is 1. The van der Waals surface area contributed by atoms with E-state index in [-0.39, 0.29) is 5.78 Å². The molecule has 2 aromatic rings. The van der Waals surface area contributed by atoms with E-state index in [1.54, 1.807) is 30.6 Å². The van der Waals surface area contributed by atoms with Crippen LogP contribution in [0.15, 0.2) is 42.7 Å². The highest BCUT2D eigenvalue weighted by molar-refractivity contribution is 5.84. The Balaban J connectivity index is 2.01. The Kier molecular flexibility index (Phi) is 3.57. The largest absolute Gasteiger partial charge is 0.399 e. The van der Waals surface area contributed by atoms with Crippen LogP contribution in [-0.4, -0.2) is 10.8 Å². The van der Waals surface area contributed by atoms with Crippen LogP contribution >= 0.6 is 0 Å². The van der Waals surface area contributed by atoms with Gasteiger partial charge in [0.2, 0.25) is 0 Å². The fourth-order valence-electron chi connectivity index (χ4n) is 1.72. The summed E-state index contributed by atoms with van der Waals surface area (Å²) in [6.45, 7) is 0. The zero-order valence-electron chi connectivity index (χ0n) is 9.97. The van der Waals surface area contributed by atoms with Crippen molar-refractivity contribution >= 4 is 17.2 Å². The predicted octanol–water partition coefficient (Wildman–Crippen LogP) is 1.60. The molecule has 18 heavy (non-hydrogen) atoms. The van der Waals surface area contributed by atoms with Gasteiger partial charge in [0.1, 0.15) is 5.78 Å². The maximum Gasteiger partial charge on any atom is 0.141 e. The number of ketones is 1. The highest BCUT2D eigenvalue weighted by atomic mass is 16.1.